The molecule has 108 valence electrons. The number of nitrogens with zero attached hydrogens (tertiary/aromatic N) is 1. The van der Waals surface area contributed by atoms with Gasteiger partial charge in [0.25, 0.3) is 0 Å². The Kier molecular flexibility index (Phi) is 4.06. The first kappa shape index (κ1) is 14.1. The van der Waals surface area contributed by atoms with Crippen molar-refractivity contribution < 1.29 is 0 Å². The molecule has 0 aromatic carbocycles. The van der Waals surface area contributed by atoms with E-state index in [0.29, 0.717) is 12.1 Å². The van der Waals surface area contributed by atoms with E-state index in [4.69, 9.17) is 23.2 Å². The van der Waals surface area contributed by atoms with Crippen molar-refractivity contribution in [1.29, 1.82) is 0 Å². The summed E-state index contributed by atoms with van der Waals surface area (Å²) >= 11 is 12.9. The lowest BCUT2D eigenvalue weighted by Crippen LogP contribution is -2.44. The fraction of sp³-hybridized carbons (Fsp3) is 0.875. The average molecular weight is 302 g/mol. The number of rotatable bonds is 3. The topological polar surface area (TPSA) is 3.24 Å². The summed E-state index contributed by atoms with van der Waals surface area (Å²) in [5.74, 6) is 0. The average Bonchev–Trinajstić information content (AvgIpc) is 2.92. The highest BCUT2D eigenvalue weighted by molar-refractivity contribution is 6.55. The quantitative estimate of drug-likeness (QED) is 0.630. The predicted octanol–water partition coefficient (Wildman–Crippen LogP) is 5.42. The standard InChI is InChI=1S/C16H25Cl2N/c1-12-15(16(12,17)18)19(13-8-4-2-5-9-13)14-10-6-3-7-11-14/h13-14H,2-11H2,1H3. The van der Waals surface area contributed by atoms with Crippen LogP contribution in [-0.2, 0) is 0 Å². The van der Waals surface area contributed by atoms with Gasteiger partial charge in [-0.1, -0.05) is 61.7 Å². The molecule has 0 aromatic rings. The summed E-state index contributed by atoms with van der Waals surface area (Å²) in [4.78, 5) is 2.66. The van der Waals surface area contributed by atoms with Gasteiger partial charge in [0.05, 0.1) is 5.70 Å². The zero-order chi connectivity index (χ0) is 13.5. The first-order chi connectivity index (χ1) is 9.12. The van der Waals surface area contributed by atoms with Crippen LogP contribution in [0, 0.1) is 0 Å². The van der Waals surface area contributed by atoms with E-state index >= 15 is 0 Å². The van der Waals surface area contributed by atoms with Crippen LogP contribution in [0.5, 0.6) is 0 Å². The molecule has 0 atom stereocenters. The van der Waals surface area contributed by atoms with Crippen molar-refractivity contribution in [3.8, 4) is 0 Å². The van der Waals surface area contributed by atoms with Gasteiger partial charge in [-0.15, -0.1) is 0 Å². The van der Waals surface area contributed by atoms with Gasteiger partial charge in [-0.2, -0.15) is 0 Å². The number of alkyl halides is 2. The minimum absolute atomic E-state index is 0.644. The molecular weight excluding hydrogens is 277 g/mol. The van der Waals surface area contributed by atoms with Crippen LogP contribution in [0.15, 0.2) is 11.3 Å². The van der Waals surface area contributed by atoms with Crippen molar-refractivity contribution in [2.24, 2.45) is 0 Å². The SMILES string of the molecule is CC1=C(N(C2CCCCC2)C2CCCCC2)C1(Cl)Cl. The Bertz CT molecular complexity index is 345. The molecule has 3 aliphatic rings. The molecule has 19 heavy (non-hydrogen) atoms. The number of hydrogen-bond donors (Lipinski definition) is 0. The van der Waals surface area contributed by atoms with Crippen LogP contribution in [-0.4, -0.2) is 21.3 Å². The maximum absolute atomic E-state index is 6.44. The van der Waals surface area contributed by atoms with Crippen molar-refractivity contribution in [3.63, 3.8) is 0 Å². The lowest BCUT2D eigenvalue weighted by atomic mass is 9.88. The van der Waals surface area contributed by atoms with E-state index in [1.165, 1.54) is 75.5 Å². The Labute approximate surface area is 127 Å². The summed E-state index contributed by atoms with van der Waals surface area (Å²) in [6.07, 6.45) is 13.6. The van der Waals surface area contributed by atoms with E-state index in [-0.39, 0.29) is 0 Å². The molecule has 3 rings (SSSR count). The highest BCUT2D eigenvalue weighted by Crippen LogP contribution is 2.57. The molecule has 2 saturated carbocycles. The van der Waals surface area contributed by atoms with Gasteiger partial charge in [-0.25, -0.2) is 0 Å². The van der Waals surface area contributed by atoms with E-state index < -0.39 is 4.33 Å². The zero-order valence-electron chi connectivity index (χ0n) is 11.9. The predicted molar refractivity (Wildman–Crippen MR) is 82.7 cm³/mol. The van der Waals surface area contributed by atoms with Gasteiger partial charge in [-0.3, -0.25) is 0 Å². The van der Waals surface area contributed by atoms with Gasteiger partial charge in [0.15, 0.2) is 4.33 Å². The van der Waals surface area contributed by atoms with E-state index in [1.807, 2.05) is 0 Å². The van der Waals surface area contributed by atoms with Crippen molar-refractivity contribution in [1.82, 2.24) is 4.90 Å². The van der Waals surface area contributed by atoms with Crippen LogP contribution >= 0.6 is 23.2 Å². The molecule has 3 heteroatoms. The second kappa shape index (κ2) is 5.48. The summed E-state index contributed by atoms with van der Waals surface area (Å²) in [6, 6.07) is 1.39. The Hall–Kier alpha value is 0.120. The Morgan fingerprint density at radius 1 is 0.842 bits per heavy atom. The molecule has 0 radical (unpaired) electrons. The lowest BCUT2D eigenvalue weighted by molar-refractivity contribution is 0.123. The maximum Gasteiger partial charge on any atom is 0.180 e. The fourth-order valence-corrected chi connectivity index (χ4v) is 4.63. The number of hydrogen-bond acceptors (Lipinski definition) is 1. The molecule has 2 fully saturated rings. The molecule has 0 spiro atoms. The second-order valence-corrected chi connectivity index (χ2v) is 7.87. The molecule has 1 nitrogen and oxygen atoms in total. The summed E-state index contributed by atoms with van der Waals surface area (Å²) < 4.78 is -0.644. The zero-order valence-corrected chi connectivity index (χ0v) is 13.4. The second-order valence-electron chi connectivity index (χ2n) is 6.54. The monoisotopic (exact) mass is 301 g/mol. The summed E-state index contributed by atoms with van der Waals surface area (Å²) in [5, 5.41) is 0. The van der Waals surface area contributed by atoms with Gasteiger partial charge in [0.1, 0.15) is 0 Å². The number of halogens is 2. The smallest absolute Gasteiger partial charge is 0.180 e. The van der Waals surface area contributed by atoms with E-state index in [0.717, 1.165) is 0 Å². The van der Waals surface area contributed by atoms with Crippen LogP contribution < -0.4 is 0 Å². The Morgan fingerprint density at radius 3 is 1.53 bits per heavy atom. The highest BCUT2D eigenvalue weighted by Gasteiger charge is 2.53. The van der Waals surface area contributed by atoms with E-state index in [2.05, 4.69) is 11.8 Å². The van der Waals surface area contributed by atoms with Gasteiger partial charge < -0.3 is 4.90 Å². The largest absolute Gasteiger partial charge is 0.366 e. The maximum atomic E-state index is 6.44. The van der Waals surface area contributed by atoms with Crippen LogP contribution in [0.3, 0.4) is 0 Å². The molecule has 0 unspecified atom stereocenters. The molecule has 0 saturated heterocycles. The normalized spacial score (nSPS) is 28.6. The molecule has 0 N–H and O–H groups in total. The van der Waals surface area contributed by atoms with E-state index in [1.54, 1.807) is 0 Å². The van der Waals surface area contributed by atoms with Gasteiger partial charge in [-0.05, 0) is 38.2 Å². The molecule has 0 heterocycles. The third-order valence-corrected chi connectivity index (χ3v) is 6.18. The summed E-state index contributed by atoms with van der Waals surface area (Å²) in [7, 11) is 0. The van der Waals surface area contributed by atoms with Crippen LogP contribution in [0.1, 0.15) is 71.1 Å². The molecule has 0 amide bonds. The third-order valence-electron chi connectivity index (χ3n) is 5.26. The summed E-state index contributed by atoms with van der Waals surface area (Å²) in [6.45, 7) is 2.11. The molecule has 0 aliphatic heterocycles. The van der Waals surface area contributed by atoms with E-state index in [9.17, 15) is 0 Å². The first-order valence-electron chi connectivity index (χ1n) is 8.00. The van der Waals surface area contributed by atoms with Crippen LogP contribution in [0.2, 0.25) is 0 Å². The number of allylic oxidation sites excluding steroid dienone is 2. The fourth-order valence-electron chi connectivity index (χ4n) is 4.07. The minimum Gasteiger partial charge on any atom is -0.366 e. The Morgan fingerprint density at radius 2 is 1.21 bits per heavy atom. The van der Waals surface area contributed by atoms with Gasteiger partial charge >= 0.3 is 0 Å². The van der Waals surface area contributed by atoms with Crippen molar-refractivity contribution in [2.45, 2.75) is 87.5 Å². The minimum atomic E-state index is -0.644. The molecule has 3 aliphatic carbocycles. The first-order valence-corrected chi connectivity index (χ1v) is 8.76. The van der Waals surface area contributed by atoms with Crippen molar-refractivity contribution in [3.05, 3.63) is 11.3 Å². The van der Waals surface area contributed by atoms with Crippen LogP contribution in [0.4, 0.5) is 0 Å². The highest BCUT2D eigenvalue weighted by atomic mass is 35.5. The molecular formula is C16H25Cl2N. The summed E-state index contributed by atoms with van der Waals surface area (Å²) in [5.41, 5.74) is 2.46. The molecule has 0 aromatic heterocycles. The Balaban J connectivity index is 1.79. The lowest BCUT2D eigenvalue weighted by Gasteiger charge is -2.42. The van der Waals surface area contributed by atoms with Crippen molar-refractivity contribution >= 4 is 23.2 Å². The van der Waals surface area contributed by atoms with Gasteiger partial charge in [0.2, 0.25) is 0 Å². The van der Waals surface area contributed by atoms with Crippen LogP contribution in [0.25, 0.3) is 0 Å². The van der Waals surface area contributed by atoms with Crippen molar-refractivity contribution in [2.75, 3.05) is 0 Å². The molecule has 0 bridgehead atoms. The third kappa shape index (κ3) is 2.65. The van der Waals surface area contributed by atoms with Gasteiger partial charge in [0, 0.05) is 12.1 Å².